The fraction of sp³-hybridized carbons (Fsp3) is 0.647. The summed E-state index contributed by atoms with van der Waals surface area (Å²) < 4.78 is 0. The monoisotopic (exact) mass is 258 g/mol. The number of hydrogen-bond donors (Lipinski definition) is 1. The molecule has 0 radical (unpaired) electrons. The Kier molecular flexibility index (Phi) is 4.19. The highest BCUT2D eigenvalue weighted by atomic mass is 15.1. The molecular formula is C17H26N2. The molecule has 1 aromatic rings. The number of hydrogen-bond acceptors (Lipinski definition) is 2. The molecule has 0 spiro atoms. The smallest absolute Gasteiger partial charge is 0.0231 e. The van der Waals surface area contributed by atoms with Gasteiger partial charge in [0.2, 0.25) is 0 Å². The van der Waals surface area contributed by atoms with Gasteiger partial charge in [0.1, 0.15) is 0 Å². The summed E-state index contributed by atoms with van der Waals surface area (Å²) in [6, 6.07) is 11.6. The Morgan fingerprint density at radius 2 is 1.74 bits per heavy atom. The maximum atomic E-state index is 3.82. The third kappa shape index (κ3) is 4.05. The SMILES string of the molecule is CN(CCNC(C1CC1)C1CC1)Cc1ccccc1. The Morgan fingerprint density at radius 1 is 1.11 bits per heavy atom. The number of benzene rings is 1. The summed E-state index contributed by atoms with van der Waals surface area (Å²) in [6.45, 7) is 3.34. The van der Waals surface area contributed by atoms with Crippen LogP contribution in [0.25, 0.3) is 0 Å². The number of nitrogens with zero attached hydrogens (tertiary/aromatic N) is 1. The first-order valence-electron chi connectivity index (χ1n) is 7.79. The quantitative estimate of drug-likeness (QED) is 0.771. The molecule has 104 valence electrons. The molecule has 2 aliphatic carbocycles. The maximum absolute atomic E-state index is 3.82. The fourth-order valence-electron chi connectivity index (χ4n) is 3.03. The molecule has 2 aliphatic rings. The fourth-order valence-corrected chi connectivity index (χ4v) is 3.03. The molecule has 0 unspecified atom stereocenters. The molecule has 0 atom stereocenters. The van der Waals surface area contributed by atoms with Crippen LogP contribution in [0.1, 0.15) is 31.2 Å². The number of rotatable bonds is 8. The molecule has 0 aliphatic heterocycles. The van der Waals surface area contributed by atoms with Crippen LogP contribution in [0.4, 0.5) is 0 Å². The van der Waals surface area contributed by atoms with Crippen molar-refractivity contribution in [2.75, 3.05) is 20.1 Å². The van der Waals surface area contributed by atoms with Crippen LogP contribution in [0, 0.1) is 11.8 Å². The minimum atomic E-state index is 0.838. The molecule has 0 saturated heterocycles. The van der Waals surface area contributed by atoms with Crippen molar-refractivity contribution in [2.45, 2.75) is 38.3 Å². The predicted molar refractivity (Wildman–Crippen MR) is 80.0 cm³/mol. The molecule has 19 heavy (non-hydrogen) atoms. The van der Waals surface area contributed by atoms with Crippen LogP contribution in [0.15, 0.2) is 30.3 Å². The molecule has 2 saturated carbocycles. The molecule has 2 fully saturated rings. The maximum Gasteiger partial charge on any atom is 0.0231 e. The van der Waals surface area contributed by atoms with Crippen molar-refractivity contribution in [2.24, 2.45) is 11.8 Å². The molecule has 0 heterocycles. The second kappa shape index (κ2) is 6.06. The summed E-state index contributed by atoms with van der Waals surface area (Å²) in [4.78, 5) is 2.42. The van der Waals surface area contributed by atoms with Gasteiger partial charge in [-0.2, -0.15) is 0 Å². The van der Waals surface area contributed by atoms with Crippen molar-refractivity contribution in [3.63, 3.8) is 0 Å². The zero-order valence-electron chi connectivity index (χ0n) is 12.0. The van der Waals surface area contributed by atoms with E-state index >= 15 is 0 Å². The van der Waals surface area contributed by atoms with Crippen molar-refractivity contribution < 1.29 is 0 Å². The molecule has 0 amide bonds. The molecule has 2 heteroatoms. The first kappa shape index (κ1) is 13.1. The Labute approximate surface area is 117 Å². The highest BCUT2D eigenvalue weighted by Crippen LogP contribution is 2.44. The molecule has 0 bridgehead atoms. The second-order valence-corrected chi connectivity index (χ2v) is 6.38. The number of likely N-dealkylation sites (N-methyl/N-ethyl adjacent to an activating group) is 1. The Morgan fingerprint density at radius 3 is 2.32 bits per heavy atom. The van der Waals surface area contributed by atoms with E-state index in [0.29, 0.717) is 0 Å². The van der Waals surface area contributed by atoms with Crippen LogP contribution in [-0.2, 0) is 6.54 Å². The van der Waals surface area contributed by atoms with E-state index in [9.17, 15) is 0 Å². The third-order valence-corrected chi connectivity index (χ3v) is 4.43. The zero-order chi connectivity index (χ0) is 13.1. The minimum absolute atomic E-state index is 0.838. The molecule has 2 nitrogen and oxygen atoms in total. The lowest BCUT2D eigenvalue weighted by molar-refractivity contribution is 0.305. The highest BCUT2D eigenvalue weighted by molar-refractivity contribution is 5.14. The van der Waals surface area contributed by atoms with Crippen LogP contribution < -0.4 is 5.32 Å². The lowest BCUT2D eigenvalue weighted by atomic mass is 10.1. The summed E-state index contributed by atoms with van der Waals surface area (Å²) in [5, 5.41) is 3.82. The summed E-state index contributed by atoms with van der Waals surface area (Å²) in [6.07, 6.45) is 5.87. The van der Waals surface area contributed by atoms with Crippen LogP contribution in [0.5, 0.6) is 0 Å². The van der Waals surface area contributed by atoms with Crippen molar-refractivity contribution in [1.29, 1.82) is 0 Å². The van der Waals surface area contributed by atoms with Gasteiger partial charge in [0.25, 0.3) is 0 Å². The molecule has 0 aromatic heterocycles. The molecule has 3 rings (SSSR count). The standard InChI is InChI=1S/C17H26N2/c1-19(13-14-5-3-2-4-6-14)12-11-18-17(15-7-8-15)16-9-10-16/h2-6,15-18H,7-13H2,1H3. The van der Waals surface area contributed by atoms with Gasteiger partial charge in [-0.15, -0.1) is 0 Å². The first-order valence-corrected chi connectivity index (χ1v) is 7.79. The van der Waals surface area contributed by atoms with Gasteiger partial charge < -0.3 is 10.2 Å². The zero-order valence-corrected chi connectivity index (χ0v) is 12.0. The van der Waals surface area contributed by atoms with E-state index in [4.69, 9.17) is 0 Å². The second-order valence-electron chi connectivity index (χ2n) is 6.38. The van der Waals surface area contributed by atoms with Gasteiger partial charge in [0, 0.05) is 25.7 Å². The normalized spacial score (nSPS) is 19.3. The molecule has 1 aromatic carbocycles. The van der Waals surface area contributed by atoms with Gasteiger partial charge in [0.05, 0.1) is 0 Å². The van der Waals surface area contributed by atoms with E-state index in [1.54, 1.807) is 0 Å². The van der Waals surface area contributed by atoms with Crippen molar-refractivity contribution in [3.05, 3.63) is 35.9 Å². The van der Waals surface area contributed by atoms with Gasteiger partial charge in [-0.25, -0.2) is 0 Å². The highest BCUT2D eigenvalue weighted by Gasteiger charge is 2.40. The van der Waals surface area contributed by atoms with Crippen LogP contribution >= 0.6 is 0 Å². The Balaban J connectivity index is 1.37. The van der Waals surface area contributed by atoms with Crippen molar-refractivity contribution in [3.8, 4) is 0 Å². The van der Waals surface area contributed by atoms with Crippen LogP contribution in [0.3, 0.4) is 0 Å². The van der Waals surface area contributed by atoms with Gasteiger partial charge in [-0.05, 0) is 50.1 Å². The summed E-state index contributed by atoms with van der Waals surface area (Å²) in [5.74, 6) is 2.01. The van der Waals surface area contributed by atoms with Gasteiger partial charge >= 0.3 is 0 Å². The summed E-state index contributed by atoms with van der Waals surface area (Å²) in [5.41, 5.74) is 1.41. The Bertz CT molecular complexity index is 370. The van der Waals surface area contributed by atoms with Gasteiger partial charge in [-0.3, -0.25) is 0 Å². The van der Waals surface area contributed by atoms with E-state index in [1.807, 2.05) is 0 Å². The van der Waals surface area contributed by atoms with E-state index in [0.717, 1.165) is 37.5 Å². The third-order valence-electron chi connectivity index (χ3n) is 4.43. The number of nitrogens with one attached hydrogen (secondary N) is 1. The van der Waals surface area contributed by atoms with E-state index in [2.05, 4.69) is 47.6 Å². The van der Waals surface area contributed by atoms with E-state index < -0.39 is 0 Å². The lowest BCUT2D eigenvalue weighted by Gasteiger charge is -2.21. The van der Waals surface area contributed by atoms with Gasteiger partial charge in [-0.1, -0.05) is 30.3 Å². The summed E-state index contributed by atoms with van der Waals surface area (Å²) in [7, 11) is 2.22. The van der Waals surface area contributed by atoms with Crippen LogP contribution in [-0.4, -0.2) is 31.1 Å². The lowest BCUT2D eigenvalue weighted by Crippen LogP contribution is -2.38. The van der Waals surface area contributed by atoms with Crippen LogP contribution in [0.2, 0.25) is 0 Å². The topological polar surface area (TPSA) is 15.3 Å². The molecular weight excluding hydrogens is 232 g/mol. The average Bonchev–Trinajstić information content (AvgIpc) is 3.29. The van der Waals surface area contributed by atoms with E-state index in [1.165, 1.54) is 31.2 Å². The molecule has 1 N–H and O–H groups in total. The van der Waals surface area contributed by atoms with Crippen molar-refractivity contribution >= 4 is 0 Å². The van der Waals surface area contributed by atoms with Crippen molar-refractivity contribution in [1.82, 2.24) is 10.2 Å². The Hall–Kier alpha value is -0.860. The largest absolute Gasteiger partial charge is 0.312 e. The first-order chi connectivity index (χ1) is 9.33. The average molecular weight is 258 g/mol. The predicted octanol–water partition coefficient (Wildman–Crippen LogP) is 2.90. The minimum Gasteiger partial charge on any atom is -0.312 e. The van der Waals surface area contributed by atoms with E-state index in [-0.39, 0.29) is 0 Å². The summed E-state index contributed by atoms with van der Waals surface area (Å²) >= 11 is 0. The van der Waals surface area contributed by atoms with Gasteiger partial charge in [0.15, 0.2) is 0 Å².